The van der Waals surface area contributed by atoms with Gasteiger partial charge in [0.15, 0.2) is 5.76 Å². The van der Waals surface area contributed by atoms with E-state index in [9.17, 15) is 4.79 Å². The summed E-state index contributed by atoms with van der Waals surface area (Å²) in [6, 6.07) is 7.73. The number of rotatable bonds is 9. The van der Waals surface area contributed by atoms with Crippen molar-refractivity contribution in [2.24, 2.45) is 0 Å². The highest BCUT2D eigenvalue weighted by Gasteiger charge is 2.38. The standard InChI is InChI=1S/C25H30O4S3/c1-5-9-23(26)29-24-13-12-19(28-24)11-10-18-16-20-21(17-22(18)30-6-2)27-15-14-25(20,31-7-3)32-8-4/h12-13,16-17H,5-9,14-15H2,1-4H3. The van der Waals surface area contributed by atoms with Gasteiger partial charge in [0.25, 0.3) is 5.95 Å². The number of thioether (sulfide) groups is 3. The third-order valence-electron chi connectivity index (χ3n) is 4.81. The van der Waals surface area contributed by atoms with Crippen LogP contribution in [0.4, 0.5) is 0 Å². The van der Waals surface area contributed by atoms with Crippen molar-refractivity contribution in [3.8, 4) is 23.5 Å². The second-order valence-electron chi connectivity index (χ2n) is 7.09. The lowest BCUT2D eigenvalue weighted by molar-refractivity contribution is -0.135. The summed E-state index contributed by atoms with van der Waals surface area (Å²) in [6.45, 7) is 9.22. The van der Waals surface area contributed by atoms with Crippen LogP contribution in [0.5, 0.6) is 11.7 Å². The molecule has 3 rings (SSSR count). The fourth-order valence-corrected chi connectivity index (χ4v) is 7.35. The highest BCUT2D eigenvalue weighted by Crippen LogP contribution is 2.55. The smallest absolute Gasteiger partial charge is 0.313 e. The average molecular weight is 491 g/mol. The molecule has 32 heavy (non-hydrogen) atoms. The second kappa shape index (κ2) is 12.0. The largest absolute Gasteiger partial charge is 0.493 e. The predicted octanol–water partition coefficient (Wildman–Crippen LogP) is 6.94. The van der Waals surface area contributed by atoms with Crippen LogP contribution < -0.4 is 9.47 Å². The lowest BCUT2D eigenvalue weighted by Crippen LogP contribution is -2.27. The molecule has 0 bridgehead atoms. The first kappa shape index (κ1) is 25.0. The Kier molecular flexibility index (Phi) is 9.39. The van der Waals surface area contributed by atoms with Gasteiger partial charge in [-0.25, -0.2) is 0 Å². The minimum atomic E-state index is -0.295. The number of furan rings is 1. The zero-order chi connectivity index (χ0) is 23.0. The molecule has 7 heteroatoms. The van der Waals surface area contributed by atoms with Gasteiger partial charge < -0.3 is 13.9 Å². The normalized spacial score (nSPS) is 14.1. The third kappa shape index (κ3) is 6.03. The maximum atomic E-state index is 11.7. The third-order valence-corrected chi connectivity index (χ3v) is 8.81. The zero-order valence-electron chi connectivity index (χ0n) is 19.1. The quantitative estimate of drug-likeness (QED) is 0.163. The summed E-state index contributed by atoms with van der Waals surface area (Å²) in [5, 5.41) is 0. The molecule has 4 nitrogen and oxygen atoms in total. The van der Waals surface area contributed by atoms with Crippen LogP contribution in [0.2, 0.25) is 0 Å². The molecular formula is C25H30O4S3. The minimum absolute atomic E-state index is 0.00570. The van der Waals surface area contributed by atoms with Gasteiger partial charge in [-0.2, -0.15) is 0 Å². The molecule has 1 aliphatic rings. The summed E-state index contributed by atoms with van der Waals surface area (Å²) in [6.07, 6.45) is 2.08. The number of ether oxygens (including phenoxy) is 2. The van der Waals surface area contributed by atoms with E-state index in [0.29, 0.717) is 12.2 Å². The molecular weight excluding hydrogens is 460 g/mol. The van der Waals surface area contributed by atoms with Crippen molar-refractivity contribution in [1.29, 1.82) is 0 Å². The Morgan fingerprint density at radius 1 is 1.09 bits per heavy atom. The van der Waals surface area contributed by atoms with Crippen LogP contribution in [-0.2, 0) is 8.87 Å². The Bertz CT molecular complexity index is 981. The first-order valence-electron chi connectivity index (χ1n) is 11.1. The number of hydrogen-bond acceptors (Lipinski definition) is 7. The Hall–Kier alpha value is -1.62. The van der Waals surface area contributed by atoms with Crippen LogP contribution in [0.3, 0.4) is 0 Å². The number of carbonyl (C=O) groups excluding carboxylic acids is 1. The highest BCUT2D eigenvalue weighted by molar-refractivity contribution is 8.17. The first-order valence-corrected chi connectivity index (χ1v) is 14.0. The van der Waals surface area contributed by atoms with E-state index >= 15 is 0 Å². The Balaban J connectivity index is 1.95. The molecule has 0 amide bonds. The van der Waals surface area contributed by atoms with Crippen molar-refractivity contribution in [3.05, 3.63) is 41.2 Å². The Morgan fingerprint density at radius 2 is 1.88 bits per heavy atom. The summed E-state index contributed by atoms with van der Waals surface area (Å²) >= 11 is 5.73. The number of esters is 1. The Morgan fingerprint density at radius 3 is 2.56 bits per heavy atom. The maximum absolute atomic E-state index is 11.7. The molecule has 2 aromatic rings. The van der Waals surface area contributed by atoms with Crippen molar-refractivity contribution in [3.63, 3.8) is 0 Å². The van der Waals surface area contributed by atoms with Gasteiger partial charge in [-0.3, -0.25) is 4.79 Å². The second-order valence-corrected chi connectivity index (χ2v) is 11.8. The van der Waals surface area contributed by atoms with Gasteiger partial charge in [0.1, 0.15) is 5.75 Å². The van der Waals surface area contributed by atoms with Crippen LogP contribution in [0, 0.1) is 11.8 Å². The molecule has 172 valence electrons. The predicted molar refractivity (Wildman–Crippen MR) is 136 cm³/mol. The molecule has 0 spiro atoms. The van der Waals surface area contributed by atoms with Crippen LogP contribution >= 0.6 is 35.3 Å². The first-order chi connectivity index (χ1) is 15.5. The molecule has 0 aliphatic carbocycles. The minimum Gasteiger partial charge on any atom is -0.493 e. The lowest BCUT2D eigenvalue weighted by Gasteiger charge is -2.38. The van der Waals surface area contributed by atoms with E-state index in [0.717, 1.165) is 52.9 Å². The van der Waals surface area contributed by atoms with Gasteiger partial charge in [-0.05, 0) is 47.8 Å². The number of benzene rings is 1. The molecule has 2 heterocycles. The van der Waals surface area contributed by atoms with E-state index in [1.54, 1.807) is 23.9 Å². The van der Waals surface area contributed by atoms with Crippen molar-refractivity contribution < 1.29 is 18.7 Å². The van der Waals surface area contributed by atoms with E-state index in [1.807, 2.05) is 30.4 Å². The fraction of sp³-hybridized carbons (Fsp3) is 0.480. The molecule has 0 radical (unpaired) electrons. The van der Waals surface area contributed by atoms with E-state index in [1.165, 1.54) is 5.56 Å². The van der Waals surface area contributed by atoms with E-state index < -0.39 is 0 Å². The molecule has 0 fully saturated rings. The van der Waals surface area contributed by atoms with Gasteiger partial charge in [0.2, 0.25) is 0 Å². The molecule has 0 saturated carbocycles. The molecule has 1 aromatic carbocycles. The SMILES string of the molecule is CCCC(=O)Oc1ccc(C#Cc2cc3c(cc2SCC)OCCC3(SCC)SCC)o1. The van der Waals surface area contributed by atoms with Crippen molar-refractivity contribution in [1.82, 2.24) is 0 Å². The topological polar surface area (TPSA) is 48.7 Å². The van der Waals surface area contributed by atoms with Gasteiger partial charge >= 0.3 is 5.97 Å². The van der Waals surface area contributed by atoms with E-state index in [-0.39, 0.29) is 16.0 Å². The van der Waals surface area contributed by atoms with Gasteiger partial charge in [-0.15, -0.1) is 35.3 Å². The van der Waals surface area contributed by atoms with Gasteiger partial charge in [0.05, 0.1) is 10.7 Å². The maximum Gasteiger partial charge on any atom is 0.313 e. The number of hydrogen-bond donors (Lipinski definition) is 0. The Labute approximate surface area is 204 Å². The summed E-state index contributed by atoms with van der Waals surface area (Å²) in [5.74, 6) is 10.8. The van der Waals surface area contributed by atoms with Crippen LogP contribution in [-0.4, -0.2) is 29.8 Å². The van der Waals surface area contributed by atoms with E-state index in [2.05, 4.69) is 44.7 Å². The molecule has 1 aromatic heterocycles. The van der Waals surface area contributed by atoms with Crippen molar-refractivity contribution >= 4 is 41.3 Å². The van der Waals surface area contributed by atoms with Crippen LogP contribution in [0.15, 0.2) is 33.6 Å². The number of fused-ring (bicyclic) bond motifs is 1. The van der Waals surface area contributed by atoms with Gasteiger partial charge in [-0.1, -0.05) is 33.6 Å². The monoisotopic (exact) mass is 490 g/mol. The molecule has 0 saturated heterocycles. The lowest BCUT2D eigenvalue weighted by atomic mass is 10.0. The van der Waals surface area contributed by atoms with Crippen molar-refractivity contribution in [2.45, 2.75) is 55.9 Å². The molecule has 1 aliphatic heterocycles. The zero-order valence-corrected chi connectivity index (χ0v) is 21.6. The average Bonchev–Trinajstić information content (AvgIpc) is 3.20. The van der Waals surface area contributed by atoms with Crippen LogP contribution in [0.25, 0.3) is 0 Å². The summed E-state index contributed by atoms with van der Waals surface area (Å²) in [4.78, 5) is 12.8. The number of carbonyl (C=O) groups is 1. The summed E-state index contributed by atoms with van der Waals surface area (Å²) in [7, 11) is 0. The molecule has 0 atom stereocenters. The van der Waals surface area contributed by atoms with Crippen LogP contribution in [0.1, 0.15) is 63.8 Å². The fourth-order valence-electron chi connectivity index (χ4n) is 3.53. The highest BCUT2D eigenvalue weighted by atomic mass is 32.2. The van der Waals surface area contributed by atoms with Crippen molar-refractivity contribution in [2.75, 3.05) is 23.9 Å². The summed E-state index contributed by atoms with van der Waals surface area (Å²) < 4.78 is 16.9. The van der Waals surface area contributed by atoms with Gasteiger partial charge in [0, 0.05) is 34.9 Å². The molecule has 0 unspecified atom stereocenters. The van der Waals surface area contributed by atoms with E-state index in [4.69, 9.17) is 13.9 Å². The molecule has 0 N–H and O–H groups in total. The summed E-state index contributed by atoms with van der Waals surface area (Å²) in [5.41, 5.74) is 2.20.